The topological polar surface area (TPSA) is 113 Å². The van der Waals surface area contributed by atoms with Crippen LogP contribution in [0.15, 0.2) is 33.9 Å². The van der Waals surface area contributed by atoms with Gasteiger partial charge in [0.05, 0.1) is 32.1 Å². The Morgan fingerprint density at radius 1 is 1.12 bits per heavy atom. The van der Waals surface area contributed by atoms with Gasteiger partial charge in [0.25, 0.3) is 5.22 Å². The lowest BCUT2D eigenvalue weighted by Crippen LogP contribution is -2.15. The average molecular weight is 492 g/mol. The van der Waals surface area contributed by atoms with Gasteiger partial charge in [-0.25, -0.2) is 4.79 Å². The lowest BCUT2D eigenvalue weighted by atomic mass is 10.1. The van der Waals surface area contributed by atoms with Crippen molar-refractivity contribution in [3.05, 3.63) is 34.7 Å². The third-order valence-electron chi connectivity index (χ3n) is 4.40. The fourth-order valence-electron chi connectivity index (χ4n) is 2.75. The van der Waals surface area contributed by atoms with Crippen molar-refractivity contribution in [2.75, 3.05) is 31.9 Å². The summed E-state index contributed by atoms with van der Waals surface area (Å²) in [4.78, 5) is 25.8. The van der Waals surface area contributed by atoms with Gasteiger partial charge >= 0.3 is 5.97 Å². The molecule has 1 amide bonds. The Balaban J connectivity index is 1.67. The number of nitrogens with one attached hydrogen (secondary N) is 1. The van der Waals surface area contributed by atoms with Crippen LogP contribution in [0.2, 0.25) is 0 Å². The van der Waals surface area contributed by atoms with Gasteiger partial charge in [-0.15, -0.1) is 21.5 Å². The van der Waals surface area contributed by atoms with Gasteiger partial charge < -0.3 is 23.9 Å². The Hall–Kier alpha value is -3.05. The summed E-state index contributed by atoms with van der Waals surface area (Å²) in [5.41, 5.74) is 0.991. The Morgan fingerprint density at radius 2 is 1.82 bits per heavy atom. The molecular weight excluding hydrogens is 466 g/mol. The van der Waals surface area contributed by atoms with E-state index in [1.165, 1.54) is 11.3 Å². The highest BCUT2D eigenvalue weighted by Gasteiger charge is 2.21. The first kappa shape index (κ1) is 24.6. The van der Waals surface area contributed by atoms with E-state index >= 15 is 0 Å². The van der Waals surface area contributed by atoms with Crippen molar-refractivity contribution >= 4 is 40.0 Å². The third kappa shape index (κ3) is 6.26. The lowest BCUT2D eigenvalue weighted by molar-refractivity contribution is -0.113. The summed E-state index contributed by atoms with van der Waals surface area (Å²) in [7, 11) is 3.11. The zero-order valence-corrected chi connectivity index (χ0v) is 20.6. The zero-order chi connectivity index (χ0) is 24.0. The van der Waals surface area contributed by atoms with Gasteiger partial charge in [0, 0.05) is 16.5 Å². The number of carbonyl (C=O) groups is 2. The number of ether oxygens (including phenoxy) is 3. The number of hydrogen-bond donors (Lipinski definition) is 1. The van der Waals surface area contributed by atoms with Crippen molar-refractivity contribution in [2.24, 2.45) is 0 Å². The molecule has 3 aromatic rings. The molecule has 0 saturated carbocycles. The number of aromatic nitrogens is 2. The van der Waals surface area contributed by atoms with Crippen molar-refractivity contribution in [3.63, 3.8) is 0 Å². The molecule has 33 heavy (non-hydrogen) atoms. The minimum Gasteiger partial charge on any atom is -0.497 e. The van der Waals surface area contributed by atoms with Gasteiger partial charge in [0.15, 0.2) is 0 Å². The Bertz CT molecular complexity index is 1100. The van der Waals surface area contributed by atoms with Gasteiger partial charge in [-0.05, 0) is 31.0 Å². The van der Waals surface area contributed by atoms with Crippen molar-refractivity contribution in [2.45, 2.75) is 31.9 Å². The van der Waals surface area contributed by atoms with Crippen LogP contribution in [-0.4, -0.2) is 48.7 Å². The van der Waals surface area contributed by atoms with Crippen LogP contribution in [0.5, 0.6) is 11.5 Å². The van der Waals surface area contributed by atoms with Crippen LogP contribution in [0.1, 0.15) is 41.9 Å². The van der Waals surface area contributed by atoms with Crippen molar-refractivity contribution in [1.82, 2.24) is 10.2 Å². The maximum atomic E-state index is 12.5. The van der Waals surface area contributed by atoms with Crippen LogP contribution >= 0.6 is 23.1 Å². The summed E-state index contributed by atoms with van der Waals surface area (Å²) in [5, 5.41) is 11.5. The molecule has 2 aromatic heterocycles. The molecule has 0 atom stereocenters. The summed E-state index contributed by atoms with van der Waals surface area (Å²) in [5.74, 6) is 0.940. The molecule has 0 fully saturated rings. The number of thioether (sulfide) groups is 1. The fourth-order valence-corrected chi connectivity index (χ4v) is 4.38. The molecule has 9 nitrogen and oxygen atoms in total. The number of esters is 1. The van der Waals surface area contributed by atoms with Crippen LogP contribution in [0.4, 0.5) is 5.00 Å². The molecule has 0 aliphatic rings. The van der Waals surface area contributed by atoms with E-state index in [2.05, 4.69) is 15.5 Å². The number of anilines is 1. The van der Waals surface area contributed by atoms with Gasteiger partial charge in [0.2, 0.25) is 11.8 Å². The molecule has 11 heteroatoms. The van der Waals surface area contributed by atoms with Crippen LogP contribution < -0.4 is 14.8 Å². The summed E-state index contributed by atoms with van der Waals surface area (Å²) < 4.78 is 21.3. The third-order valence-corrected chi connectivity index (χ3v) is 6.57. The molecule has 1 N–H and O–H groups in total. The predicted octanol–water partition coefficient (Wildman–Crippen LogP) is 4.85. The summed E-state index contributed by atoms with van der Waals surface area (Å²) >= 11 is 2.46. The van der Waals surface area contributed by atoms with Crippen molar-refractivity contribution in [3.8, 4) is 23.0 Å². The van der Waals surface area contributed by atoms with Crippen LogP contribution in [0.25, 0.3) is 11.5 Å². The van der Waals surface area contributed by atoms with E-state index in [1.54, 1.807) is 45.4 Å². The highest BCUT2D eigenvalue weighted by Crippen LogP contribution is 2.34. The van der Waals surface area contributed by atoms with Crippen LogP contribution in [0.3, 0.4) is 0 Å². The lowest BCUT2D eigenvalue weighted by Gasteiger charge is -2.06. The first-order valence-electron chi connectivity index (χ1n) is 10.1. The summed E-state index contributed by atoms with van der Waals surface area (Å²) in [6.07, 6.45) is 0. The second-order valence-corrected chi connectivity index (χ2v) is 9.09. The molecule has 0 saturated heterocycles. The molecule has 0 aliphatic carbocycles. The first-order chi connectivity index (χ1) is 15.8. The molecule has 0 bridgehead atoms. The quantitative estimate of drug-likeness (QED) is 0.314. The molecule has 0 spiro atoms. The minimum absolute atomic E-state index is 0.0280. The minimum atomic E-state index is -0.459. The number of thiophene rings is 1. The average Bonchev–Trinajstić information content (AvgIpc) is 3.45. The van der Waals surface area contributed by atoms with Gasteiger partial charge in [-0.3, -0.25) is 4.79 Å². The molecule has 1 aromatic carbocycles. The molecule has 176 valence electrons. The summed E-state index contributed by atoms with van der Waals surface area (Å²) in [6, 6.07) is 7.00. The van der Waals surface area contributed by atoms with Crippen molar-refractivity contribution in [1.29, 1.82) is 0 Å². The predicted molar refractivity (Wildman–Crippen MR) is 127 cm³/mol. The zero-order valence-electron chi connectivity index (χ0n) is 19.0. The first-order valence-corrected chi connectivity index (χ1v) is 11.9. The smallest absolute Gasteiger partial charge is 0.341 e. The second-order valence-electron chi connectivity index (χ2n) is 7.08. The second kappa shape index (κ2) is 11.2. The maximum absolute atomic E-state index is 12.5. The van der Waals surface area contributed by atoms with E-state index in [-0.39, 0.29) is 35.3 Å². The van der Waals surface area contributed by atoms with E-state index in [9.17, 15) is 9.59 Å². The Labute approximate surface area is 199 Å². The number of carbonyl (C=O) groups excluding carboxylic acids is 2. The maximum Gasteiger partial charge on any atom is 0.341 e. The van der Waals surface area contributed by atoms with Gasteiger partial charge in [0.1, 0.15) is 16.5 Å². The fraction of sp³-hybridized carbons (Fsp3) is 0.364. The molecule has 0 aliphatic heterocycles. The van der Waals surface area contributed by atoms with Crippen LogP contribution in [-0.2, 0) is 9.53 Å². The molecule has 0 unspecified atom stereocenters. The number of rotatable bonds is 10. The highest BCUT2D eigenvalue weighted by molar-refractivity contribution is 7.99. The Morgan fingerprint density at radius 3 is 2.42 bits per heavy atom. The van der Waals surface area contributed by atoms with Gasteiger partial charge in [-0.2, -0.15) is 0 Å². The molecular formula is C22H25N3O6S2. The SMILES string of the molecule is CCOC(=O)c1cc(C(C)C)sc1NC(=O)CSc1nnc(-c2cc(OC)cc(OC)c2)o1. The Kier molecular flexibility index (Phi) is 8.34. The molecule has 3 rings (SSSR count). The van der Waals surface area contributed by atoms with E-state index < -0.39 is 5.97 Å². The van der Waals surface area contributed by atoms with E-state index in [4.69, 9.17) is 18.6 Å². The van der Waals surface area contributed by atoms with Gasteiger partial charge in [-0.1, -0.05) is 25.6 Å². The largest absolute Gasteiger partial charge is 0.497 e. The molecule has 2 heterocycles. The number of amides is 1. The van der Waals surface area contributed by atoms with Crippen molar-refractivity contribution < 1.29 is 28.2 Å². The van der Waals surface area contributed by atoms with Crippen LogP contribution in [0, 0.1) is 0 Å². The summed E-state index contributed by atoms with van der Waals surface area (Å²) in [6.45, 7) is 6.04. The number of benzene rings is 1. The standard InChI is InChI=1S/C22H25N3O6S2/c1-6-30-21(27)16-10-17(12(2)3)33-20(16)23-18(26)11-32-22-25-24-19(31-22)13-7-14(28-4)9-15(8-13)29-5/h7-10,12H,6,11H2,1-5H3,(H,23,26). The highest BCUT2D eigenvalue weighted by atomic mass is 32.2. The number of hydrogen-bond acceptors (Lipinski definition) is 10. The van der Waals surface area contributed by atoms with E-state index in [0.717, 1.165) is 16.6 Å². The van der Waals surface area contributed by atoms with E-state index in [0.29, 0.717) is 27.6 Å². The monoisotopic (exact) mass is 491 g/mol. The van der Waals surface area contributed by atoms with E-state index in [1.807, 2.05) is 13.8 Å². The molecule has 0 radical (unpaired) electrons. The number of methoxy groups -OCH3 is 2. The normalized spacial score (nSPS) is 10.8. The number of nitrogens with zero attached hydrogens (tertiary/aromatic N) is 2.